The van der Waals surface area contributed by atoms with Crippen molar-refractivity contribution in [3.05, 3.63) is 18.1 Å². The molecule has 0 radical (unpaired) electrons. The van der Waals surface area contributed by atoms with Crippen molar-refractivity contribution in [2.45, 2.75) is 18.4 Å². The van der Waals surface area contributed by atoms with Crippen LogP contribution in [-0.2, 0) is 0 Å². The van der Waals surface area contributed by atoms with E-state index in [0.29, 0.717) is 5.03 Å². The number of hydrogen-bond donors (Lipinski definition) is 1. The lowest BCUT2D eigenvalue weighted by Gasteiger charge is -2.00. The summed E-state index contributed by atoms with van der Waals surface area (Å²) < 4.78 is 0. The fraction of sp³-hybridized carbons (Fsp3) is 0.375. The van der Waals surface area contributed by atoms with Gasteiger partial charge in [0.05, 0.1) is 0 Å². The minimum atomic E-state index is -1.02. The fourth-order valence-electron chi connectivity index (χ4n) is 0.776. The topological polar surface area (TPSA) is 63.1 Å². The molecule has 0 aromatic carbocycles. The van der Waals surface area contributed by atoms with E-state index in [2.05, 4.69) is 9.97 Å². The zero-order chi connectivity index (χ0) is 9.68. The summed E-state index contributed by atoms with van der Waals surface area (Å²) in [5.74, 6) is -0.161. The molecule has 0 bridgehead atoms. The molecule has 0 unspecified atom stereocenters. The number of aromatic carboxylic acids is 1. The molecular weight excluding hydrogens is 188 g/mol. The van der Waals surface area contributed by atoms with E-state index in [0.717, 1.165) is 12.2 Å². The molecule has 0 aliphatic carbocycles. The van der Waals surface area contributed by atoms with Gasteiger partial charge in [0.25, 0.3) is 0 Å². The molecule has 1 aromatic rings. The molecule has 0 aliphatic rings. The quantitative estimate of drug-likeness (QED) is 0.746. The first-order valence-electron chi connectivity index (χ1n) is 3.92. The number of aromatic nitrogens is 2. The summed E-state index contributed by atoms with van der Waals surface area (Å²) in [6, 6.07) is 0. The van der Waals surface area contributed by atoms with Gasteiger partial charge in [-0.15, -0.1) is 11.8 Å². The van der Waals surface area contributed by atoms with Gasteiger partial charge in [-0.1, -0.05) is 6.92 Å². The van der Waals surface area contributed by atoms with Crippen molar-refractivity contribution in [1.82, 2.24) is 9.97 Å². The predicted molar refractivity (Wildman–Crippen MR) is 50.0 cm³/mol. The van der Waals surface area contributed by atoms with Gasteiger partial charge in [0.1, 0.15) is 5.03 Å². The van der Waals surface area contributed by atoms with E-state index in [9.17, 15) is 4.79 Å². The molecule has 5 heteroatoms. The van der Waals surface area contributed by atoms with E-state index in [1.807, 2.05) is 6.92 Å². The van der Waals surface area contributed by atoms with Crippen LogP contribution >= 0.6 is 11.8 Å². The van der Waals surface area contributed by atoms with Crippen molar-refractivity contribution >= 4 is 17.7 Å². The number of nitrogens with zero attached hydrogens (tertiary/aromatic N) is 2. The van der Waals surface area contributed by atoms with E-state index in [1.165, 1.54) is 24.2 Å². The van der Waals surface area contributed by atoms with Gasteiger partial charge in [-0.25, -0.2) is 14.8 Å². The molecule has 1 heterocycles. The normalized spacial score (nSPS) is 9.92. The van der Waals surface area contributed by atoms with Crippen LogP contribution in [0.5, 0.6) is 0 Å². The Morgan fingerprint density at radius 2 is 2.23 bits per heavy atom. The number of hydrogen-bond acceptors (Lipinski definition) is 4. The van der Waals surface area contributed by atoms with E-state index in [4.69, 9.17) is 5.11 Å². The van der Waals surface area contributed by atoms with Crippen molar-refractivity contribution < 1.29 is 9.90 Å². The van der Waals surface area contributed by atoms with Crippen LogP contribution in [0.15, 0.2) is 17.4 Å². The maximum absolute atomic E-state index is 10.7. The van der Waals surface area contributed by atoms with Crippen molar-refractivity contribution in [3.8, 4) is 0 Å². The molecule has 13 heavy (non-hydrogen) atoms. The van der Waals surface area contributed by atoms with Crippen LogP contribution in [0.1, 0.15) is 23.8 Å². The number of rotatable bonds is 4. The van der Waals surface area contributed by atoms with Crippen LogP contribution < -0.4 is 0 Å². The van der Waals surface area contributed by atoms with Crippen LogP contribution in [0.3, 0.4) is 0 Å². The Labute approximate surface area is 80.4 Å². The van der Waals surface area contributed by atoms with E-state index >= 15 is 0 Å². The molecule has 1 aromatic heterocycles. The molecule has 1 rings (SSSR count). The Kier molecular flexibility index (Phi) is 3.70. The summed E-state index contributed by atoms with van der Waals surface area (Å²) in [7, 11) is 0. The highest BCUT2D eigenvalue weighted by atomic mass is 32.2. The Morgan fingerprint density at radius 3 is 2.85 bits per heavy atom. The zero-order valence-electron chi connectivity index (χ0n) is 7.23. The summed E-state index contributed by atoms with van der Waals surface area (Å²) in [5, 5.41) is 9.25. The van der Waals surface area contributed by atoms with Crippen LogP contribution in [0, 0.1) is 0 Å². The molecule has 0 fully saturated rings. The van der Waals surface area contributed by atoms with Crippen LogP contribution in [0.4, 0.5) is 0 Å². The number of carboxylic acids is 1. The van der Waals surface area contributed by atoms with Crippen molar-refractivity contribution in [2.24, 2.45) is 0 Å². The van der Waals surface area contributed by atoms with Gasteiger partial charge in [0.15, 0.2) is 5.69 Å². The Hall–Kier alpha value is -1.10. The SMILES string of the molecule is CCCSc1nccnc1C(=O)O. The minimum Gasteiger partial charge on any atom is -0.476 e. The highest BCUT2D eigenvalue weighted by Crippen LogP contribution is 2.18. The molecule has 0 saturated heterocycles. The minimum absolute atomic E-state index is 0.0425. The summed E-state index contributed by atoms with van der Waals surface area (Å²) in [4.78, 5) is 18.4. The fourth-order valence-corrected chi connectivity index (χ4v) is 1.59. The van der Waals surface area contributed by atoms with E-state index < -0.39 is 5.97 Å². The molecule has 0 atom stereocenters. The molecular formula is C8H10N2O2S. The lowest BCUT2D eigenvalue weighted by Crippen LogP contribution is -2.03. The van der Waals surface area contributed by atoms with Crippen LogP contribution in [0.2, 0.25) is 0 Å². The third-order valence-electron chi connectivity index (χ3n) is 1.31. The monoisotopic (exact) mass is 198 g/mol. The lowest BCUT2D eigenvalue weighted by molar-refractivity contribution is 0.0685. The Balaban J connectivity index is 2.84. The average Bonchev–Trinajstić information content (AvgIpc) is 2.15. The summed E-state index contributed by atoms with van der Waals surface area (Å²) in [6.07, 6.45) is 3.88. The largest absolute Gasteiger partial charge is 0.476 e. The summed E-state index contributed by atoms with van der Waals surface area (Å²) in [6.45, 7) is 2.03. The summed E-state index contributed by atoms with van der Waals surface area (Å²) in [5.41, 5.74) is 0.0425. The average molecular weight is 198 g/mol. The smallest absolute Gasteiger partial charge is 0.357 e. The second-order valence-electron chi connectivity index (χ2n) is 2.36. The van der Waals surface area contributed by atoms with Crippen LogP contribution in [-0.4, -0.2) is 26.8 Å². The molecule has 0 saturated carbocycles. The number of carboxylic acid groups (broad SMARTS) is 1. The van der Waals surface area contributed by atoms with E-state index in [-0.39, 0.29) is 5.69 Å². The molecule has 0 aliphatic heterocycles. The van der Waals surface area contributed by atoms with Gasteiger partial charge in [-0.2, -0.15) is 0 Å². The highest BCUT2D eigenvalue weighted by Gasteiger charge is 2.11. The zero-order valence-corrected chi connectivity index (χ0v) is 8.04. The Morgan fingerprint density at radius 1 is 1.54 bits per heavy atom. The third-order valence-corrected chi connectivity index (χ3v) is 2.49. The highest BCUT2D eigenvalue weighted by molar-refractivity contribution is 7.99. The van der Waals surface area contributed by atoms with E-state index in [1.54, 1.807) is 0 Å². The van der Waals surface area contributed by atoms with Gasteiger partial charge in [0.2, 0.25) is 0 Å². The second-order valence-corrected chi connectivity index (χ2v) is 3.45. The van der Waals surface area contributed by atoms with Crippen LogP contribution in [0.25, 0.3) is 0 Å². The van der Waals surface area contributed by atoms with Gasteiger partial charge in [0, 0.05) is 12.4 Å². The van der Waals surface area contributed by atoms with Crippen molar-refractivity contribution in [1.29, 1.82) is 0 Å². The van der Waals surface area contributed by atoms with Gasteiger partial charge >= 0.3 is 5.97 Å². The maximum Gasteiger partial charge on any atom is 0.357 e. The molecule has 0 spiro atoms. The number of carbonyl (C=O) groups is 1. The van der Waals surface area contributed by atoms with Crippen molar-refractivity contribution in [3.63, 3.8) is 0 Å². The molecule has 70 valence electrons. The first kappa shape index (κ1) is 9.98. The molecule has 1 N–H and O–H groups in total. The summed E-state index contributed by atoms with van der Waals surface area (Å²) >= 11 is 1.42. The third kappa shape index (κ3) is 2.69. The molecule has 0 amide bonds. The maximum atomic E-state index is 10.7. The standard InChI is InChI=1S/C8H10N2O2S/c1-2-5-13-7-6(8(11)12)9-3-4-10-7/h3-4H,2,5H2,1H3,(H,11,12). The number of thioether (sulfide) groups is 1. The lowest BCUT2D eigenvalue weighted by atomic mass is 10.5. The molecule has 4 nitrogen and oxygen atoms in total. The van der Waals surface area contributed by atoms with Gasteiger partial charge in [-0.3, -0.25) is 0 Å². The van der Waals surface area contributed by atoms with Gasteiger partial charge in [-0.05, 0) is 12.2 Å². The first-order valence-corrected chi connectivity index (χ1v) is 4.91. The van der Waals surface area contributed by atoms with Crippen molar-refractivity contribution in [2.75, 3.05) is 5.75 Å². The van der Waals surface area contributed by atoms with Gasteiger partial charge < -0.3 is 5.11 Å². The first-order chi connectivity index (χ1) is 6.25. The Bertz CT molecular complexity index is 304. The second kappa shape index (κ2) is 4.81. The predicted octanol–water partition coefficient (Wildman–Crippen LogP) is 1.68.